The smallest absolute Gasteiger partial charge is 0.305 e. The minimum absolute atomic E-state index is 0.0420. The molecule has 0 aliphatic heterocycles. The van der Waals surface area contributed by atoms with E-state index in [4.69, 9.17) is 0 Å². The first-order chi connectivity index (χ1) is 11.3. The van der Waals surface area contributed by atoms with E-state index >= 15 is 0 Å². The number of carbonyl (C=O) groups excluding carboxylic acids is 2. The molecular weight excluding hydrogens is 324 g/mol. The van der Waals surface area contributed by atoms with Crippen molar-refractivity contribution in [3.8, 4) is 0 Å². The van der Waals surface area contributed by atoms with Crippen LogP contribution in [0.4, 0.5) is 11.4 Å². The van der Waals surface area contributed by atoms with Gasteiger partial charge in [-0.2, -0.15) is 10.5 Å². The van der Waals surface area contributed by atoms with Gasteiger partial charge >= 0.3 is 11.9 Å². The standard InChI is InChI=1S/C14H20N2O8/c1-23-13(17)5-3-9-7-10(4-6-14(18)24-2)12(16(21)22)8-11(9)15(19)20/h7-8,15-16,19,21H,3-6H2,1-2H3. The van der Waals surface area contributed by atoms with Crippen LogP contribution in [0.5, 0.6) is 0 Å². The van der Waals surface area contributed by atoms with Gasteiger partial charge in [0.25, 0.3) is 0 Å². The summed E-state index contributed by atoms with van der Waals surface area (Å²) in [5.74, 6) is -1.02. The molecule has 0 saturated heterocycles. The SMILES string of the molecule is COC(=O)CCc1cc(CCC(=O)OC)c([NH+]([O-])O)cc1[NH+]([O-])O. The van der Waals surface area contributed by atoms with Gasteiger partial charge in [-0.15, -0.1) is 0 Å². The first-order valence-electron chi connectivity index (χ1n) is 7.06. The lowest BCUT2D eigenvalue weighted by Gasteiger charge is -2.21. The van der Waals surface area contributed by atoms with Gasteiger partial charge in [0.05, 0.1) is 20.3 Å². The zero-order valence-electron chi connectivity index (χ0n) is 13.3. The Bertz CT molecular complexity index is 541. The molecule has 0 saturated carbocycles. The molecule has 0 radical (unpaired) electrons. The molecule has 4 N–H and O–H groups in total. The van der Waals surface area contributed by atoms with Crippen molar-refractivity contribution < 1.29 is 39.9 Å². The van der Waals surface area contributed by atoms with Gasteiger partial charge in [0, 0.05) is 24.0 Å². The molecule has 10 nitrogen and oxygen atoms in total. The predicted molar refractivity (Wildman–Crippen MR) is 78.7 cm³/mol. The zero-order chi connectivity index (χ0) is 18.3. The molecule has 1 rings (SSSR count). The molecule has 0 amide bonds. The fraction of sp³-hybridized carbons (Fsp3) is 0.429. The van der Waals surface area contributed by atoms with Crippen molar-refractivity contribution in [3.63, 3.8) is 0 Å². The van der Waals surface area contributed by atoms with Crippen LogP contribution in [-0.4, -0.2) is 36.6 Å². The molecule has 134 valence electrons. The van der Waals surface area contributed by atoms with E-state index in [1.54, 1.807) is 0 Å². The summed E-state index contributed by atoms with van der Waals surface area (Å²) in [4.78, 5) is 22.5. The van der Waals surface area contributed by atoms with Gasteiger partial charge in [-0.3, -0.25) is 9.59 Å². The number of benzene rings is 1. The van der Waals surface area contributed by atoms with E-state index < -0.39 is 22.4 Å². The number of quaternary nitrogens is 2. The Balaban J connectivity index is 3.19. The van der Waals surface area contributed by atoms with E-state index in [9.17, 15) is 30.4 Å². The number of esters is 2. The lowest BCUT2D eigenvalue weighted by atomic mass is 9.99. The molecule has 24 heavy (non-hydrogen) atoms. The van der Waals surface area contributed by atoms with Gasteiger partial charge in [0.2, 0.25) is 0 Å². The third kappa shape index (κ3) is 5.53. The lowest BCUT2D eigenvalue weighted by molar-refractivity contribution is -0.996. The number of carbonyl (C=O) groups is 2. The highest BCUT2D eigenvalue weighted by Crippen LogP contribution is 2.23. The molecule has 0 bridgehead atoms. The van der Waals surface area contributed by atoms with Crippen LogP contribution in [0.25, 0.3) is 0 Å². The van der Waals surface area contributed by atoms with Crippen molar-refractivity contribution in [1.82, 2.24) is 0 Å². The second kappa shape index (κ2) is 9.27. The van der Waals surface area contributed by atoms with E-state index in [0.29, 0.717) is 11.1 Å². The molecule has 0 fully saturated rings. The molecule has 2 atom stereocenters. The quantitative estimate of drug-likeness (QED) is 0.336. The summed E-state index contributed by atoms with van der Waals surface area (Å²) >= 11 is 0. The second-order valence-corrected chi connectivity index (χ2v) is 4.93. The van der Waals surface area contributed by atoms with Crippen molar-refractivity contribution in [2.24, 2.45) is 0 Å². The van der Waals surface area contributed by atoms with Crippen LogP contribution in [0.15, 0.2) is 12.1 Å². The maximum absolute atomic E-state index is 11.4. The van der Waals surface area contributed by atoms with Gasteiger partial charge in [-0.05, 0) is 18.9 Å². The Morgan fingerprint density at radius 1 is 0.917 bits per heavy atom. The van der Waals surface area contributed by atoms with Crippen molar-refractivity contribution in [3.05, 3.63) is 33.7 Å². The number of hydrogen-bond donors (Lipinski definition) is 4. The van der Waals surface area contributed by atoms with E-state index in [0.717, 1.165) is 6.07 Å². The summed E-state index contributed by atoms with van der Waals surface area (Å²) in [6, 6.07) is 2.45. The molecular formula is C14H20N2O8. The number of aryl methyl sites for hydroxylation is 2. The summed E-state index contributed by atoms with van der Waals surface area (Å²) in [5, 5.41) is 38.6. The van der Waals surface area contributed by atoms with E-state index in [2.05, 4.69) is 9.47 Å². The summed E-state index contributed by atoms with van der Waals surface area (Å²) < 4.78 is 9.03. The van der Waals surface area contributed by atoms with Crippen LogP contribution < -0.4 is 10.5 Å². The third-order valence-corrected chi connectivity index (χ3v) is 3.44. The van der Waals surface area contributed by atoms with Crippen molar-refractivity contribution >= 4 is 23.3 Å². The van der Waals surface area contributed by atoms with Gasteiger partial charge in [0.15, 0.2) is 11.4 Å². The average Bonchev–Trinajstić information content (AvgIpc) is 2.56. The Hall–Kier alpha value is -2.08. The minimum Gasteiger partial charge on any atom is -0.595 e. The lowest BCUT2D eigenvalue weighted by Crippen LogP contribution is -3.01. The molecule has 0 aliphatic rings. The molecule has 10 heteroatoms. The minimum atomic E-state index is -1.29. The predicted octanol–water partition coefficient (Wildman–Crippen LogP) is -1.30. The second-order valence-electron chi connectivity index (χ2n) is 4.93. The van der Waals surface area contributed by atoms with Crippen molar-refractivity contribution in [2.75, 3.05) is 14.2 Å². The fourth-order valence-electron chi connectivity index (χ4n) is 2.18. The molecule has 0 aliphatic carbocycles. The molecule has 0 heterocycles. The zero-order valence-corrected chi connectivity index (χ0v) is 13.3. The van der Waals surface area contributed by atoms with Crippen LogP contribution in [0.1, 0.15) is 24.0 Å². The van der Waals surface area contributed by atoms with Crippen LogP contribution in [0.2, 0.25) is 0 Å². The van der Waals surface area contributed by atoms with Crippen LogP contribution in [0.3, 0.4) is 0 Å². The van der Waals surface area contributed by atoms with Crippen LogP contribution >= 0.6 is 0 Å². The summed E-state index contributed by atoms with van der Waals surface area (Å²) in [7, 11) is 2.44. The highest BCUT2D eigenvalue weighted by Gasteiger charge is 2.20. The largest absolute Gasteiger partial charge is 0.595 e. The van der Waals surface area contributed by atoms with Crippen molar-refractivity contribution in [1.29, 1.82) is 0 Å². The van der Waals surface area contributed by atoms with E-state index in [-0.39, 0.29) is 37.1 Å². The van der Waals surface area contributed by atoms with Gasteiger partial charge in [-0.1, -0.05) is 0 Å². The topological polar surface area (TPSA) is 148 Å². The van der Waals surface area contributed by atoms with Gasteiger partial charge in [-0.25, -0.2) is 10.4 Å². The highest BCUT2D eigenvalue weighted by atomic mass is 16.8. The maximum atomic E-state index is 11.4. The number of hydrogen-bond acceptors (Lipinski definition) is 8. The summed E-state index contributed by atoms with van der Waals surface area (Å²) in [5.41, 5.74) is 0.215. The molecule has 0 spiro atoms. The Morgan fingerprint density at radius 2 is 1.29 bits per heavy atom. The number of methoxy groups -OCH3 is 2. The number of nitrogens with one attached hydrogen (secondary N) is 2. The van der Waals surface area contributed by atoms with Crippen LogP contribution in [0, 0.1) is 10.4 Å². The van der Waals surface area contributed by atoms with Gasteiger partial charge < -0.3 is 19.9 Å². The number of ether oxygens (including phenoxy) is 2. The summed E-state index contributed by atoms with van der Waals surface area (Å²) in [6.45, 7) is 0. The fourth-order valence-corrected chi connectivity index (χ4v) is 2.18. The van der Waals surface area contributed by atoms with Crippen molar-refractivity contribution in [2.45, 2.75) is 25.7 Å². The van der Waals surface area contributed by atoms with E-state index in [1.807, 2.05) is 0 Å². The average molecular weight is 344 g/mol. The Labute approximate surface area is 137 Å². The van der Waals surface area contributed by atoms with E-state index in [1.165, 1.54) is 20.3 Å². The molecule has 2 unspecified atom stereocenters. The highest BCUT2D eigenvalue weighted by molar-refractivity contribution is 5.71. The monoisotopic (exact) mass is 344 g/mol. The molecule has 1 aromatic carbocycles. The molecule has 0 aromatic heterocycles. The van der Waals surface area contributed by atoms with Crippen LogP contribution in [-0.2, 0) is 31.9 Å². The summed E-state index contributed by atoms with van der Waals surface area (Å²) in [6.07, 6.45) is 0.0815. The molecule has 1 aromatic rings. The number of rotatable bonds is 8. The third-order valence-electron chi connectivity index (χ3n) is 3.44. The first kappa shape index (κ1) is 20.0. The normalized spacial score (nSPS) is 13.2. The van der Waals surface area contributed by atoms with Gasteiger partial charge in [0.1, 0.15) is 0 Å². The maximum Gasteiger partial charge on any atom is 0.305 e. The Morgan fingerprint density at radius 3 is 1.58 bits per heavy atom. The Kier molecular flexibility index (Phi) is 7.71. The first-order valence-corrected chi connectivity index (χ1v) is 7.06.